The first-order valence-corrected chi connectivity index (χ1v) is 6.96. The van der Waals surface area contributed by atoms with Gasteiger partial charge in [-0.1, -0.05) is 19.3 Å². The summed E-state index contributed by atoms with van der Waals surface area (Å²) in [5.41, 5.74) is 0.506. The Morgan fingerprint density at radius 3 is 2.50 bits per heavy atom. The number of halogens is 1. The van der Waals surface area contributed by atoms with Crippen molar-refractivity contribution in [2.75, 3.05) is 18.4 Å². The highest BCUT2D eigenvalue weighted by molar-refractivity contribution is 5.90. The number of hydrogen-bond donors (Lipinski definition) is 1. The van der Waals surface area contributed by atoms with Gasteiger partial charge in [-0.3, -0.25) is 0 Å². The smallest absolute Gasteiger partial charge is 0.321 e. The molecule has 0 aromatic heterocycles. The van der Waals surface area contributed by atoms with Crippen molar-refractivity contribution in [3.8, 4) is 6.07 Å². The molecular formula is C15H18FN3O. The van der Waals surface area contributed by atoms with Gasteiger partial charge in [0.1, 0.15) is 11.9 Å². The lowest BCUT2D eigenvalue weighted by molar-refractivity contribution is 0.206. The van der Waals surface area contributed by atoms with Crippen LogP contribution in [0, 0.1) is 17.1 Å². The molecule has 1 aromatic rings. The zero-order valence-electron chi connectivity index (χ0n) is 11.4. The fourth-order valence-corrected chi connectivity index (χ4v) is 2.36. The molecule has 0 atom stereocenters. The molecule has 106 valence electrons. The number of nitrogens with one attached hydrogen (secondary N) is 1. The van der Waals surface area contributed by atoms with Crippen molar-refractivity contribution in [1.82, 2.24) is 4.90 Å². The molecule has 2 amide bonds. The molecule has 2 rings (SSSR count). The second kappa shape index (κ2) is 6.90. The molecular weight excluding hydrogens is 257 g/mol. The highest BCUT2D eigenvalue weighted by Gasteiger charge is 2.16. The highest BCUT2D eigenvalue weighted by Crippen LogP contribution is 2.17. The van der Waals surface area contributed by atoms with E-state index in [1.54, 1.807) is 4.90 Å². The molecule has 0 unspecified atom stereocenters. The number of urea groups is 1. The molecule has 5 heteroatoms. The quantitative estimate of drug-likeness (QED) is 0.852. The minimum Gasteiger partial charge on any atom is -0.325 e. The van der Waals surface area contributed by atoms with E-state index in [0.717, 1.165) is 44.8 Å². The molecule has 1 aliphatic heterocycles. The van der Waals surface area contributed by atoms with E-state index < -0.39 is 5.82 Å². The molecule has 1 saturated heterocycles. The molecule has 0 radical (unpaired) electrons. The molecule has 20 heavy (non-hydrogen) atoms. The van der Waals surface area contributed by atoms with Crippen molar-refractivity contribution in [3.63, 3.8) is 0 Å². The summed E-state index contributed by atoms with van der Waals surface area (Å²) in [6.45, 7) is 1.46. The van der Waals surface area contributed by atoms with Gasteiger partial charge in [-0.05, 0) is 31.0 Å². The third-order valence-corrected chi connectivity index (χ3v) is 3.49. The summed E-state index contributed by atoms with van der Waals surface area (Å²) in [6, 6.07) is 5.48. The average molecular weight is 275 g/mol. The van der Waals surface area contributed by atoms with Crippen LogP contribution in [0.2, 0.25) is 0 Å². The van der Waals surface area contributed by atoms with Gasteiger partial charge in [0.25, 0.3) is 0 Å². The van der Waals surface area contributed by atoms with E-state index >= 15 is 0 Å². The van der Waals surface area contributed by atoms with Gasteiger partial charge in [0.15, 0.2) is 0 Å². The van der Waals surface area contributed by atoms with E-state index in [9.17, 15) is 9.18 Å². The van der Waals surface area contributed by atoms with Crippen LogP contribution in [0.4, 0.5) is 14.9 Å². The fourth-order valence-electron chi connectivity index (χ4n) is 2.36. The number of carbonyl (C=O) groups is 1. The normalized spacial score (nSPS) is 15.9. The lowest BCUT2D eigenvalue weighted by Crippen LogP contribution is -2.37. The second-order valence-corrected chi connectivity index (χ2v) is 4.99. The lowest BCUT2D eigenvalue weighted by Gasteiger charge is -2.25. The van der Waals surface area contributed by atoms with Crippen LogP contribution < -0.4 is 5.32 Å². The van der Waals surface area contributed by atoms with E-state index in [1.807, 2.05) is 6.07 Å². The molecule has 1 N–H and O–H groups in total. The summed E-state index contributed by atoms with van der Waals surface area (Å²) in [4.78, 5) is 14.0. The van der Waals surface area contributed by atoms with Crippen molar-refractivity contribution in [1.29, 1.82) is 5.26 Å². The standard InChI is InChI=1S/C15H18FN3O/c16-13-6-7-14(12(10-13)11-17)18-15(20)19-8-4-2-1-3-5-9-19/h6-7,10H,1-5,8-9H2,(H,18,20). The largest absolute Gasteiger partial charge is 0.325 e. The first-order valence-electron chi connectivity index (χ1n) is 6.96. The predicted octanol–water partition coefficient (Wildman–Crippen LogP) is 3.50. The van der Waals surface area contributed by atoms with Crippen molar-refractivity contribution < 1.29 is 9.18 Å². The van der Waals surface area contributed by atoms with Gasteiger partial charge in [-0.25, -0.2) is 9.18 Å². The summed E-state index contributed by atoms with van der Waals surface area (Å²) < 4.78 is 13.1. The number of amides is 2. The molecule has 1 aromatic carbocycles. The van der Waals surface area contributed by atoms with Crippen LogP contribution in [0.1, 0.15) is 37.7 Å². The lowest BCUT2D eigenvalue weighted by atomic mass is 10.1. The molecule has 0 aliphatic carbocycles. The average Bonchev–Trinajstić information content (AvgIpc) is 2.40. The van der Waals surface area contributed by atoms with Crippen LogP contribution in [0.15, 0.2) is 18.2 Å². The van der Waals surface area contributed by atoms with Gasteiger partial charge in [-0.2, -0.15) is 5.26 Å². The number of rotatable bonds is 1. The Labute approximate surface area is 118 Å². The summed E-state index contributed by atoms with van der Waals surface area (Å²) in [5, 5.41) is 11.7. The SMILES string of the molecule is N#Cc1cc(F)ccc1NC(=O)N1CCCCCCC1. The highest BCUT2D eigenvalue weighted by atomic mass is 19.1. The van der Waals surface area contributed by atoms with Gasteiger partial charge in [0.05, 0.1) is 11.3 Å². The fraction of sp³-hybridized carbons (Fsp3) is 0.467. The maximum Gasteiger partial charge on any atom is 0.321 e. The molecule has 1 fully saturated rings. The van der Waals surface area contributed by atoms with Crippen LogP contribution in [-0.4, -0.2) is 24.0 Å². The molecule has 1 heterocycles. The van der Waals surface area contributed by atoms with E-state index in [1.165, 1.54) is 18.6 Å². The summed E-state index contributed by atoms with van der Waals surface area (Å²) in [5.74, 6) is -0.481. The Bertz CT molecular complexity index is 516. The van der Waals surface area contributed by atoms with Crippen molar-refractivity contribution >= 4 is 11.7 Å². The van der Waals surface area contributed by atoms with E-state index in [-0.39, 0.29) is 11.6 Å². The number of anilines is 1. The van der Waals surface area contributed by atoms with E-state index in [2.05, 4.69) is 5.32 Å². The predicted molar refractivity (Wildman–Crippen MR) is 74.8 cm³/mol. The summed E-state index contributed by atoms with van der Waals surface area (Å²) >= 11 is 0. The van der Waals surface area contributed by atoms with E-state index in [0.29, 0.717) is 5.69 Å². The maximum absolute atomic E-state index is 13.1. The first-order chi connectivity index (χ1) is 9.70. The third kappa shape index (κ3) is 3.70. The number of carbonyl (C=O) groups excluding carboxylic acids is 1. The number of nitrogens with zero attached hydrogens (tertiary/aromatic N) is 2. The van der Waals surface area contributed by atoms with Gasteiger partial charge < -0.3 is 10.2 Å². The third-order valence-electron chi connectivity index (χ3n) is 3.49. The van der Waals surface area contributed by atoms with Crippen LogP contribution in [-0.2, 0) is 0 Å². The Hall–Kier alpha value is -2.09. The zero-order valence-corrected chi connectivity index (χ0v) is 11.4. The van der Waals surface area contributed by atoms with Gasteiger partial charge >= 0.3 is 6.03 Å². The number of likely N-dealkylation sites (tertiary alicyclic amines) is 1. The topological polar surface area (TPSA) is 56.1 Å². The minimum absolute atomic E-state index is 0.144. The molecule has 0 spiro atoms. The zero-order chi connectivity index (χ0) is 14.4. The van der Waals surface area contributed by atoms with Crippen LogP contribution in [0.25, 0.3) is 0 Å². The van der Waals surface area contributed by atoms with Crippen molar-refractivity contribution in [2.45, 2.75) is 32.1 Å². The van der Waals surface area contributed by atoms with Crippen LogP contribution in [0.3, 0.4) is 0 Å². The minimum atomic E-state index is -0.481. The Morgan fingerprint density at radius 2 is 1.85 bits per heavy atom. The first kappa shape index (κ1) is 14.3. The Kier molecular flexibility index (Phi) is 4.94. The number of benzene rings is 1. The van der Waals surface area contributed by atoms with Gasteiger partial charge in [-0.15, -0.1) is 0 Å². The summed E-state index contributed by atoms with van der Waals surface area (Å²) in [7, 11) is 0. The molecule has 0 saturated carbocycles. The van der Waals surface area contributed by atoms with Crippen LogP contribution in [0.5, 0.6) is 0 Å². The van der Waals surface area contributed by atoms with Gasteiger partial charge in [0, 0.05) is 13.1 Å². The summed E-state index contributed by atoms with van der Waals surface area (Å²) in [6.07, 6.45) is 5.52. The molecule has 1 aliphatic rings. The van der Waals surface area contributed by atoms with E-state index in [4.69, 9.17) is 5.26 Å². The molecule has 0 bridgehead atoms. The Balaban J connectivity index is 2.05. The van der Waals surface area contributed by atoms with Crippen molar-refractivity contribution in [2.24, 2.45) is 0 Å². The maximum atomic E-state index is 13.1. The molecule has 4 nitrogen and oxygen atoms in total. The number of nitriles is 1. The monoisotopic (exact) mass is 275 g/mol. The van der Waals surface area contributed by atoms with Gasteiger partial charge in [0.2, 0.25) is 0 Å². The van der Waals surface area contributed by atoms with Crippen molar-refractivity contribution in [3.05, 3.63) is 29.6 Å². The second-order valence-electron chi connectivity index (χ2n) is 4.99. The number of hydrogen-bond acceptors (Lipinski definition) is 2. The Morgan fingerprint density at radius 1 is 1.20 bits per heavy atom. The van der Waals surface area contributed by atoms with Crippen LogP contribution >= 0.6 is 0 Å².